The minimum Gasteiger partial charge on any atom is -0.361 e. The third-order valence-electron chi connectivity index (χ3n) is 5.91. The standard InChI is InChI=1S/C24H28N4O/c1-5-16(2)28-23(25-21-14-10-9-13-20(21)24(28)29)22-17(3)26-27(18(22)4)15-19-11-7-6-8-12-19/h6-14,16,23,25H,5,15H2,1-4H3/t16-,23-/m1/s1. The van der Waals surface area contributed by atoms with Gasteiger partial charge in [0.15, 0.2) is 0 Å². The summed E-state index contributed by atoms with van der Waals surface area (Å²) in [6, 6.07) is 18.2. The molecule has 1 aliphatic heterocycles. The van der Waals surface area contributed by atoms with Gasteiger partial charge in [-0.25, -0.2) is 0 Å². The molecule has 29 heavy (non-hydrogen) atoms. The topological polar surface area (TPSA) is 50.2 Å². The summed E-state index contributed by atoms with van der Waals surface area (Å²) in [5.41, 5.74) is 5.96. The van der Waals surface area contributed by atoms with E-state index in [1.807, 2.05) is 59.0 Å². The SMILES string of the molecule is CC[C@@H](C)N1C(=O)c2ccccc2N[C@H]1c1c(C)nn(Cc2ccccc2)c1C. The molecule has 1 aliphatic rings. The second kappa shape index (κ2) is 7.74. The van der Waals surface area contributed by atoms with E-state index in [4.69, 9.17) is 5.10 Å². The maximum absolute atomic E-state index is 13.4. The minimum atomic E-state index is -0.225. The fraction of sp³-hybridized carbons (Fsp3) is 0.333. The van der Waals surface area contributed by atoms with Crippen LogP contribution in [0.2, 0.25) is 0 Å². The van der Waals surface area contributed by atoms with Crippen molar-refractivity contribution in [1.29, 1.82) is 0 Å². The van der Waals surface area contributed by atoms with E-state index in [9.17, 15) is 4.79 Å². The lowest BCUT2D eigenvalue weighted by Gasteiger charge is -2.41. The Hall–Kier alpha value is -3.08. The van der Waals surface area contributed by atoms with Crippen molar-refractivity contribution < 1.29 is 4.79 Å². The minimum absolute atomic E-state index is 0.0771. The van der Waals surface area contributed by atoms with E-state index >= 15 is 0 Å². The van der Waals surface area contributed by atoms with Crippen molar-refractivity contribution in [3.8, 4) is 0 Å². The molecule has 150 valence electrons. The van der Waals surface area contributed by atoms with Gasteiger partial charge in [0, 0.05) is 23.0 Å². The van der Waals surface area contributed by atoms with Crippen LogP contribution in [0.4, 0.5) is 5.69 Å². The maximum atomic E-state index is 13.4. The smallest absolute Gasteiger partial charge is 0.258 e. The van der Waals surface area contributed by atoms with Gasteiger partial charge in [-0.15, -0.1) is 0 Å². The van der Waals surface area contributed by atoms with Gasteiger partial charge in [0.25, 0.3) is 5.91 Å². The molecule has 2 heterocycles. The zero-order valence-electron chi connectivity index (χ0n) is 17.5. The summed E-state index contributed by atoms with van der Waals surface area (Å²) >= 11 is 0. The first-order chi connectivity index (χ1) is 14.0. The number of anilines is 1. The van der Waals surface area contributed by atoms with E-state index in [0.717, 1.165) is 34.6 Å². The van der Waals surface area contributed by atoms with Crippen LogP contribution in [0.5, 0.6) is 0 Å². The molecule has 4 rings (SSSR count). The van der Waals surface area contributed by atoms with E-state index in [0.29, 0.717) is 6.54 Å². The van der Waals surface area contributed by atoms with Gasteiger partial charge >= 0.3 is 0 Å². The van der Waals surface area contributed by atoms with Crippen LogP contribution in [0.15, 0.2) is 54.6 Å². The predicted molar refractivity (Wildman–Crippen MR) is 116 cm³/mol. The molecular formula is C24H28N4O. The van der Waals surface area contributed by atoms with Crippen molar-refractivity contribution in [2.75, 3.05) is 5.32 Å². The quantitative estimate of drug-likeness (QED) is 0.675. The van der Waals surface area contributed by atoms with Crippen molar-refractivity contribution in [1.82, 2.24) is 14.7 Å². The van der Waals surface area contributed by atoms with E-state index in [1.165, 1.54) is 5.56 Å². The van der Waals surface area contributed by atoms with E-state index in [-0.39, 0.29) is 18.1 Å². The number of rotatable bonds is 5. The van der Waals surface area contributed by atoms with Crippen LogP contribution in [0.3, 0.4) is 0 Å². The van der Waals surface area contributed by atoms with Crippen molar-refractivity contribution in [3.63, 3.8) is 0 Å². The first kappa shape index (κ1) is 19.2. The van der Waals surface area contributed by atoms with Gasteiger partial charge in [0.05, 0.1) is 17.8 Å². The Morgan fingerprint density at radius 3 is 2.48 bits per heavy atom. The van der Waals surface area contributed by atoms with Gasteiger partial charge in [0.1, 0.15) is 6.17 Å². The molecule has 0 saturated heterocycles. The average molecular weight is 389 g/mol. The highest BCUT2D eigenvalue weighted by atomic mass is 16.2. The molecule has 0 aliphatic carbocycles. The van der Waals surface area contributed by atoms with Gasteiger partial charge < -0.3 is 10.2 Å². The fourth-order valence-corrected chi connectivity index (χ4v) is 4.15. The molecule has 0 radical (unpaired) electrons. The van der Waals surface area contributed by atoms with Crippen LogP contribution in [0, 0.1) is 13.8 Å². The fourth-order valence-electron chi connectivity index (χ4n) is 4.15. The molecule has 0 spiro atoms. The summed E-state index contributed by atoms with van der Waals surface area (Å²) in [6.07, 6.45) is 0.666. The van der Waals surface area contributed by atoms with Crippen molar-refractivity contribution in [2.24, 2.45) is 0 Å². The van der Waals surface area contributed by atoms with Crippen molar-refractivity contribution in [2.45, 2.75) is 52.9 Å². The number of hydrogen-bond acceptors (Lipinski definition) is 3. The first-order valence-corrected chi connectivity index (χ1v) is 10.3. The summed E-state index contributed by atoms with van der Waals surface area (Å²) in [5, 5.41) is 8.44. The molecule has 0 bridgehead atoms. The zero-order valence-corrected chi connectivity index (χ0v) is 17.5. The van der Waals surface area contributed by atoms with Crippen LogP contribution in [0.1, 0.15) is 59.3 Å². The zero-order chi connectivity index (χ0) is 20.5. The van der Waals surface area contributed by atoms with E-state index < -0.39 is 0 Å². The monoisotopic (exact) mass is 388 g/mol. The number of carbonyl (C=O) groups is 1. The number of para-hydroxylation sites is 1. The molecule has 1 N–H and O–H groups in total. The highest BCUT2D eigenvalue weighted by Gasteiger charge is 2.37. The van der Waals surface area contributed by atoms with Crippen LogP contribution in [-0.4, -0.2) is 26.6 Å². The number of carbonyl (C=O) groups excluding carboxylic acids is 1. The summed E-state index contributed by atoms with van der Waals surface area (Å²) in [5.74, 6) is 0.0771. The Bertz CT molecular complexity index is 1020. The van der Waals surface area contributed by atoms with Crippen LogP contribution in [0.25, 0.3) is 0 Å². The van der Waals surface area contributed by atoms with Crippen LogP contribution < -0.4 is 5.32 Å². The number of amides is 1. The molecule has 1 aromatic heterocycles. The second-order valence-electron chi connectivity index (χ2n) is 7.79. The highest BCUT2D eigenvalue weighted by molar-refractivity contribution is 6.02. The number of hydrogen-bond donors (Lipinski definition) is 1. The Morgan fingerprint density at radius 1 is 1.07 bits per heavy atom. The number of nitrogens with one attached hydrogen (secondary N) is 1. The lowest BCUT2D eigenvalue weighted by molar-refractivity contribution is 0.0592. The average Bonchev–Trinajstić information content (AvgIpc) is 3.01. The summed E-state index contributed by atoms with van der Waals surface area (Å²) in [4.78, 5) is 15.4. The van der Waals surface area contributed by atoms with Gasteiger partial charge in [-0.05, 0) is 44.9 Å². The number of aryl methyl sites for hydroxylation is 1. The molecule has 2 atom stereocenters. The van der Waals surface area contributed by atoms with Gasteiger partial charge in [-0.3, -0.25) is 9.48 Å². The second-order valence-corrected chi connectivity index (χ2v) is 7.79. The Kier molecular flexibility index (Phi) is 5.14. The van der Waals surface area contributed by atoms with Crippen LogP contribution >= 0.6 is 0 Å². The Balaban J connectivity index is 1.77. The maximum Gasteiger partial charge on any atom is 0.258 e. The highest BCUT2D eigenvalue weighted by Crippen LogP contribution is 2.37. The molecule has 2 aromatic carbocycles. The normalized spacial score (nSPS) is 17.0. The predicted octanol–water partition coefficient (Wildman–Crippen LogP) is 4.91. The number of benzene rings is 2. The number of fused-ring (bicyclic) bond motifs is 1. The Morgan fingerprint density at radius 2 is 1.76 bits per heavy atom. The van der Waals surface area contributed by atoms with Crippen LogP contribution in [-0.2, 0) is 6.54 Å². The molecule has 5 nitrogen and oxygen atoms in total. The third kappa shape index (κ3) is 3.41. The molecule has 5 heteroatoms. The van der Waals surface area contributed by atoms with E-state index in [1.54, 1.807) is 0 Å². The molecule has 0 fully saturated rings. The molecule has 0 saturated carbocycles. The lowest BCUT2D eigenvalue weighted by atomic mass is 9.99. The first-order valence-electron chi connectivity index (χ1n) is 10.3. The summed E-state index contributed by atoms with van der Waals surface area (Å²) in [7, 11) is 0. The molecule has 0 unspecified atom stereocenters. The molecule has 1 amide bonds. The van der Waals surface area contributed by atoms with E-state index in [2.05, 4.69) is 38.2 Å². The van der Waals surface area contributed by atoms with Crippen molar-refractivity contribution >= 4 is 11.6 Å². The number of nitrogens with zero attached hydrogens (tertiary/aromatic N) is 3. The van der Waals surface area contributed by atoms with Gasteiger partial charge in [0.2, 0.25) is 0 Å². The largest absolute Gasteiger partial charge is 0.361 e. The lowest BCUT2D eigenvalue weighted by Crippen LogP contribution is -2.47. The summed E-state index contributed by atoms with van der Waals surface area (Å²) < 4.78 is 2.04. The van der Waals surface area contributed by atoms with Gasteiger partial charge in [-0.2, -0.15) is 5.10 Å². The Labute approximate surface area is 172 Å². The van der Waals surface area contributed by atoms with Gasteiger partial charge in [-0.1, -0.05) is 49.4 Å². The molecular weight excluding hydrogens is 360 g/mol. The summed E-state index contributed by atoms with van der Waals surface area (Å²) in [6.45, 7) is 9.08. The third-order valence-corrected chi connectivity index (χ3v) is 5.91. The van der Waals surface area contributed by atoms with Crippen molar-refractivity contribution in [3.05, 3.63) is 82.7 Å². The number of aromatic nitrogens is 2. The molecule has 3 aromatic rings.